The zero-order chi connectivity index (χ0) is 16.8. The normalized spacial score (nSPS) is 10.7. The molecule has 2 rings (SSSR count). The lowest BCUT2D eigenvalue weighted by molar-refractivity contribution is 0.326. The van der Waals surface area contributed by atoms with Gasteiger partial charge >= 0.3 is 0 Å². The fourth-order valence-corrected chi connectivity index (χ4v) is 1.91. The Morgan fingerprint density at radius 3 is 2.96 bits per heavy atom. The first-order valence-electron chi connectivity index (χ1n) is 6.71. The second kappa shape index (κ2) is 7.50. The highest BCUT2D eigenvalue weighted by Crippen LogP contribution is 2.27. The number of aromatic nitrogens is 3. The smallest absolute Gasteiger partial charge is 0.296 e. The largest absolute Gasteiger partial charge is 0.493 e. The third kappa shape index (κ3) is 3.92. The molecule has 1 aromatic heterocycles. The molecule has 0 radical (unpaired) electrons. The lowest BCUT2D eigenvalue weighted by Crippen LogP contribution is -2.22. The number of hydrogen-bond acceptors (Lipinski definition) is 6. The first kappa shape index (κ1) is 16.6. The lowest BCUT2D eigenvalue weighted by atomic mass is 10.2. The van der Waals surface area contributed by atoms with Crippen molar-refractivity contribution in [3.63, 3.8) is 0 Å². The van der Waals surface area contributed by atoms with Crippen molar-refractivity contribution in [3.8, 4) is 11.5 Å². The Labute approximate surface area is 137 Å². The van der Waals surface area contributed by atoms with Gasteiger partial charge in [0.05, 0.1) is 13.3 Å². The average molecular weight is 332 g/mol. The number of nitrogens with zero attached hydrogens (tertiary/aromatic N) is 3. The summed E-state index contributed by atoms with van der Waals surface area (Å²) in [6, 6.07) is 5.29. The van der Waals surface area contributed by atoms with Crippen LogP contribution in [0, 0.1) is 11.7 Å². The highest BCUT2D eigenvalue weighted by molar-refractivity contribution is 7.71. The molecular formula is C15H16N4O3S. The van der Waals surface area contributed by atoms with Crippen LogP contribution in [0.5, 0.6) is 11.5 Å². The Morgan fingerprint density at radius 1 is 1.48 bits per heavy atom. The maximum Gasteiger partial charge on any atom is 0.296 e. The maximum atomic E-state index is 12.0. The summed E-state index contributed by atoms with van der Waals surface area (Å²) in [5.41, 5.74) is 0.632. The Hall–Kier alpha value is -2.74. The lowest BCUT2D eigenvalue weighted by Gasteiger charge is -2.09. The minimum absolute atomic E-state index is 0.120. The van der Waals surface area contributed by atoms with Crippen molar-refractivity contribution >= 4 is 18.4 Å². The summed E-state index contributed by atoms with van der Waals surface area (Å²) in [5.74, 6) is 1.15. The standard InChI is InChI=1S/C15H16N4O3S/c1-4-7-22-12-6-5-11(8-13(12)21-3)9-16-19-14(20)10(2)17-18-15(19)23/h4-6,8-9H,1,7H2,2-3H3,(H,18,23)/b16-9+. The number of aryl methyl sites for hydroxylation is 1. The second-order valence-corrected chi connectivity index (χ2v) is 4.87. The van der Waals surface area contributed by atoms with Crippen molar-refractivity contribution in [2.24, 2.45) is 5.10 Å². The molecule has 0 saturated carbocycles. The molecule has 0 amide bonds. The molecule has 0 bridgehead atoms. The van der Waals surface area contributed by atoms with Crippen LogP contribution in [0.3, 0.4) is 0 Å². The van der Waals surface area contributed by atoms with E-state index in [9.17, 15) is 4.79 Å². The number of H-pyrrole nitrogens is 1. The van der Waals surface area contributed by atoms with E-state index in [1.165, 1.54) is 6.21 Å². The first-order chi connectivity index (χ1) is 11.1. The van der Waals surface area contributed by atoms with Gasteiger partial charge in [0.2, 0.25) is 4.77 Å². The summed E-state index contributed by atoms with van der Waals surface area (Å²) in [5, 5.41) is 10.4. The number of hydrogen-bond donors (Lipinski definition) is 1. The van der Waals surface area contributed by atoms with Crippen molar-refractivity contribution in [2.75, 3.05) is 13.7 Å². The Balaban J connectivity index is 2.34. The SMILES string of the molecule is C=CCOc1ccc(/C=N/n2c(=S)[nH]nc(C)c2=O)cc1OC. The minimum atomic E-state index is -0.372. The molecule has 1 aromatic carbocycles. The predicted molar refractivity (Wildman–Crippen MR) is 90.1 cm³/mol. The van der Waals surface area contributed by atoms with Crippen LogP contribution in [0.1, 0.15) is 11.3 Å². The minimum Gasteiger partial charge on any atom is -0.493 e. The fraction of sp³-hybridized carbons (Fsp3) is 0.200. The van der Waals surface area contributed by atoms with Gasteiger partial charge in [-0.2, -0.15) is 14.9 Å². The number of nitrogens with one attached hydrogen (secondary N) is 1. The maximum absolute atomic E-state index is 12.0. The van der Waals surface area contributed by atoms with Crippen molar-refractivity contribution in [1.82, 2.24) is 14.9 Å². The molecule has 23 heavy (non-hydrogen) atoms. The number of rotatable bonds is 6. The van der Waals surface area contributed by atoms with Gasteiger partial charge in [-0.15, -0.1) is 0 Å². The number of benzene rings is 1. The van der Waals surface area contributed by atoms with E-state index in [4.69, 9.17) is 21.7 Å². The number of methoxy groups -OCH3 is 1. The van der Waals surface area contributed by atoms with Crippen molar-refractivity contribution in [1.29, 1.82) is 0 Å². The molecule has 0 fully saturated rings. The Bertz CT molecular complexity index is 855. The van der Waals surface area contributed by atoms with Gasteiger partial charge in [0.1, 0.15) is 12.3 Å². The molecule has 120 valence electrons. The van der Waals surface area contributed by atoms with Crippen LogP contribution in [-0.2, 0) is 0 Å². The molecule has 0 unspecified atom stereocenters. The molecule has 0 atom stereocenters. The molecule has 0 saturated heterocycles. The molecule has 2 aromatic rings. The van der Waals surface area contributed by atoms with E-state index in [1.54, 1.807) is 38.3 Å². The van der Waals surface area contributed by atoms with Gasteiger partial charge in [-0.1, -0.05) is 12.7 Å². The molecular weight excluding hydrogens is 316 g/mol. The molecule has 8 heteroatoms. The van der Waals surface area contributed by atoms with E-state index in [0.29, 0.717) is 18.1 Å². The van der Waals surface area contributed by atoms with Crippen LogP contribution in [-0.4, -0.2) is 34.8 Å². The van der Waals surface area contributed by atoms with Gasteiger partial charge in [-0.05, 0) is 42.9 Å². The van der Waals surface area contributed by atoms with Crippen LogP contribution in [0.4, 0.5) is 0 Å². The molecule has 0 aliphatic heterocycles. The van der Waals surface area contributed by atoms with E-state index >= 15 is 0 Å². The van der Waals surface area contributed by atoms with Crippen LogP contribution >= 0.6 is 12.2 Å². The summed E-state index contributed by atoms with van der Waals surface area (Å²) in [4.78, 5) is 12.0. The van der Waals surface area contributed by atoms with Crippen LogP contribution in [0.25, 0.3) is 0 Å². The summed E-state index contributed by atoms with van der Waals surface area (Å²) < 4.78 is 11.9. The van der Waals surface area contributed by atoms with Crippen molar-refractivity contribution < 1.29 is 9.47 Å². The van der Waals surface area contributed by atoms with Crippen LogP contribution in [0.2, 0.25) is 0 Å². The van der Waals surface area contributed by atoms with Gasteiger partial charge in [0, 0.05) is 0 Å². The van der Waals surface area contributed by atoms with Crippen molar-refractivity contribution in [2.45, 2.75) is 6.92 Å². The third-order valence-electron chi connectivity index (χ3n) is 2.88. The van der Waals surface area contributed by atoms with E-state index in [1.807, 2.05) is 0 Å². The third-order valence-corrected chi connectivity index (χ3v) is 3.14. The van der Waals surface area contributed by atoms with E-state index in [0.717, 1.165) is 10.2 Å². The monoisotopic (exact) mass is 332 g/mol. The quantitative estimate of drug-likeness (QED) is 0.497. The fourth-order valence-electron chi connectivity index (χ4n) is 1.73. The van der Waals surface area contributed by atoms with Gasteiger partial charge in [0.25, 0.3) is 5.56 Å². The second-order valence-electron chi connectivity index (χ2n) is 4.49. The predicted octanol–water partition coefficient (Wildman–Crippen LogP) is 2.06. The van der Waals surface area contributed by atoms with Crippen LogP contribution in [0.15, 0.2) is 40.8 Å². The number of ether oxygens (including phenoxy) is 2. The highest BCUT2D eigenvalue weighted by atomic mass is 32.1. The molecule has 0 aliphatic rings. The highest BCUT2D eigenvalue weighted by Gasteiger charge is 2.05. The van der Waals surface area contributed by atoms with E-state index < -0.39 is 0 Å². The van der Waals surface area contributed by atoms with E-state index in [2.05, 4.69) is 21.9 Å². The molecule has 0 spiro atoms. The zero-order valence-corrected chi connectivity index (χ0v) is 13.6. The zero-order valence-electron chi connectivity index (χ0n) is 12.8. The average Bonchev–Trinajstić information content (AvgIpc) is 2.56. The summed E-state index contributed by atoms with van der Waals surface area (Å²) in [6.45, 7) is 5.56. The molecule has 1 heterocycles. The Kier molecular flexibility index (Phi) is 5.42. The van der Waals surface area contributed by atoms with Gasteiger partial charge in [-0.25, -0.2) is 0 Å². The van der Waals surface area contributed by atoms with Gasteiger partial charge < -0.3 is 9.47 Å². The Morgan fingerprint density at radius 2 is 2.26 bits per heavy atom. The van der Waals surface area contributed by atoms with E-state index in [-0.39, 0.29) is 16.0 Å². The summed E-state index contributed by atoms with van der Waals surface area (Å²) >= 11 is 5.01. The first-order valence-corrected chi connectivity index (χ1v) is 7.12. The van der Waals surface area contributed by atoms with Crippen LogP contribution < -0.4 is 15.0 Å². The molecule has 7 nitrogen and oxygen atoms in total. The number of aromatic amines is 1. The summed E-state index contributed by atoms with van der Waals surface area (Å²) in [7, 11) is 1.55. The van der Waals surface area contributed by atoms with Crippen molar-refractivity contribution in [3.05, 3.63) is 57.2 Å². The summed E-state index contributed by atoms with van der Waals surface area (Å²) in [6.07, 6.45) is 3.15. The topological polar surface area (TPSA) is 81.5 Å². The molecule has 0 aliphatic carbocycles. The molecule has 1 N–H and O–H groups in total. The van der Waals surface area contributed by atoms with Gasteiger partial charge in [-0.3, -0.25) is 9.89 Å². The van der Waals surface area contributed by atoms with Gasteiger partial charge in [0.15, 0.2) is 11.5 Å².